The predicted molar refractivity (Wildman–Crippen MR) is 77.8 cm³/mol. The topological polar surface area (TPSA) is 63.8 Å². The van der Waals surface area contributed by atoms with Crippen LogP contribution >= 0.6 is 11.6 Å². The van der Waals surface area contributed by atoms with Gasteiger partial charge in [-0.3, -0.25) is 0 Å². The number of para-hydroxylation sites is 1. The molecule has 19 heavy (non-hydrogen) atoms. The third kappa shape index (κ3) is 2.23. The van der Waals surface area contributed by atoms with E-state index in [1.807, 2.05) is 24.3 Å². The molecule has 94 valence electrons. The number of nitrogens with one attached hydrogen (secondary N) is 1. The van der Waals surface area contributed by atoms with Gasteiger partial charge in [-0.05, 0) is 34.9 Å². The Morgan fingerprint density at radius 1 is 0.895 bits per heavy atom. The van der Waals surface area contributed by atoms with Crippen LogP contribution in [-0.4, -0.2) is 9.97 Å². The van der Waals surface area contributed by atoms with E-state index in [9.17, 15) is 0 Å². The maximum atomic E-state index is 5.68. The van der Waals surface area contributed by atoms with Crippen molar-refractivity contribution >= 4 is 28.3 Å². The van der Waals surface area contributed by atoms with Crippen LogP contribution in [0, 0.1) is 0 Å². The van der Waals surface area contributed by atoms with Gasteiger partial charge in [0.05, 0.1) is 5.52 Å². The number of aromatic nitrogens is 2. The van der Waals surface area contributed by atoms with Gasteiger partial charge in [-0.2, -0.15) is 4.98 Å². The Balaban J connectivity index is 0.000000151. The van der Waals surface area contributed by atoms with Crippen LogP contribution < -0.4 is 11.3 Å². The van der Waals surface area contributed by atoms with E-state index < -0.39 is 0 Å². The summed E-state index contributed by atoms with van der Waals surface area (Å²) in [6.07, 6.45) is 0. The molecule has 0 saturated carbocycles. The van der Waals surface area contributed by atoms with Crippen molar-refractivity contribution in [3.05, 3.63) is 53.8 Å². The van der Waals surface area contributed by atoms with Gasteiger partial charge in [0.15, 0.2) is 5.82 Å². The number of hydrogen-bond acceptors (Lipinski definition) is 4. The number of hydrazine groups is 1. The molecule has 0 unspecified atom stereocenters. The molecule has 5 heteroatoms. The lowest BCUT2D eigenvalue weighted by Crippen LogP contribution is -2.09. The van der Waals surface area contributed by atoms with Crippen LogP contribution in [0.3, 0.4) is 0 Å². The van der Waals surface area contributed by atoms with Crippen molar-refractivity contribution in [3.63, 3.8) is 0 Å². The molecule has 3 N–H and O–H groups in total. The maximum absolute atomic E-state index is 5.68. The minimum Gasteiger partial charge on any atom is -0.308 e. The Hall–Kier alpha value is -2.17. The second kappa shape index (κ2) is 4.84. The lowest BCUT2D eigenvalue weighted by atomic mass is 9.95. The van der Waals surface area contributed by atoms with Crippen LogP contribution in [0.25, 0.3) is 22.0 Å². The van der Waals surface area contributed by atoms with Gasteiger partial charge < -0.3 is 5.43 Å². The van der Waals surface area contributed by atoms with E-state index in [1.165, 1.54) is 11.1 Å². The molecule has 2 aliphatic carbocycles. The normalized spacial score (nSPS) is 10.6. The van der Waals surface area contributed by atoms with Gasteiger partial charge in [0, 0.05) is 5.39 Å². The maximum Gasteiger partial charge on any atom is 0.224 e. The lowest BCUT2D eigenvalue weighted by molar-refractivity contribution is 1.18. The van der Waals surface area contributed by atoms with Crippen LogP contribution in [-0.2, 0) is 0 Å². The molecule has 2 aromatic rings. The molecule has 4 rings (SSSR count). The van der Waals surface area contributed by atoms with E-state index >= 15 is 0 Å². The highest BCUT2D eigenvalue weighted by molar-refractivity contribution is 6.28. The van der Waals surface area contributed by atoms with Crippen molar-refractivity contribution in [3.8, 4) is 11.1 Å². The monoisotopic (exact) mass is 270 g/mol. The van der Waals surface area contributed by atoms with Gasteiger partial charge in [-0.1, -0.05) is 36.4 Å². The van der Waals surface area contributed by atoms with Gasteiger partial charge in [0.1, 0.15) is 0 Å². The van der Waals surface area contributed by atoms with E-state index in [1.54, 1.807) is 0 Å². The average Bonchev–Trinajstić information content (AvgIpc) is 2.42. The van der Waals surface area contributed by atoms with Gasteiger partial charge in [0.2, 0.25) is 5.28 Å². The molecule has 0 fully saturated rings. The molecule has 0 saturated heterocycles. The Morgan fingerprint density at radius 2 is 1.53 bits per heavy atom. The molecule has 0 spiro atoms. The Morgan fingerprint density at radius 3 is 2.05 bits per heavy atom. The number of hydrogen-bond donors (Lipinski definition) is 2. The number of anilines is 1. The molecule has 1 aromatic carbocycles. The highest BCUT2D eigenvalue weighted by Gasteiger charge is 2.04. The van der Waals surface area contributed by atoms with E-state index in [0.29, 0.717) is 5.82 Å². The van der Waals surface area contributed by atoms with Crippen LogP contribution in [0.1, 0.15) is 0 Å². The quantitative estimate of drug-likeness (QED) is 0.317. The lowest BCUT2D eigenvalue weighted by Gasteiger charge is -2.10. The van der Waals surface area contributed by atoms with Crippen molar-refractivity contribution in [1.29, 1.82) is 0 Å². The van der Waals surface area contributed by atoms with E-state index in [-0.39, 0.29) is 5.28 Å². The molecular weight excluding hydrogens is 260 g/mol. The molecule has 1 heterocycles. The molecule has 4 nitrogen and oxygen atoms in total. The summed E-state index contributed by atoms with van der Waals surface area (Å²) in [6, 6.07) is 16.0. The first kappa shape index (κ1) is 11.9. The molecule has 1 aromatic heterocycles. The largest absolute Gasteiger partial charge is 0.308 e. The van der Waals surface area contributed by atoms with E-state index in [0.717, 1.165) is 10.9 Å². The standard InChI is InChI=1S/C8H7ClN4.C6H4/c9-8-11-6-4-2-1-3-5(6)7(12-8)13-10;1-2-6-4-3-5(1)6/h1-4H,10H2,(H,11,12,13);1-4H. The number of benzene rings is 2. The first-order valence-electron chi connectivity index (χ1n) is 5.77. The Bertz CT molecular complexity index is 704. The zero-order valence-electron chi connectivity index (χ0n) is 9.97. The highest BCUT2D eigenvalue weighted by Crippen LogP contribution is 2.29. The number of rotatable bonds is 1. The van der Waals surface area contributed by atoms with E-state index in [2.05, 4.69) is 39.7 Å². The third-order valence-corrected chi connectivity index (χ3v) is 3.10. The minimum absolute atomic E-state index is 0.187. The Kier molecular flexibility index (Phi) is 3.03. The summed E-state index contributed by atoms with van der Waals surface area (Å²) in [5.41, 5.74) is 6.10. The van der Waals surface area contributed by atoms with Gasteiger partial charge in [-0.25, -0.2) is 10.8 Å². The van der Waals surface area contributed by atoms with Gasteiger partial charge >= 0.3 is 0 Å². The van der Waals surface area contributed by atoms with Crippen LogP contribution in [0.4, 0.5) is 5.82 Å². The summed E-state index contributed by atoms with van der Waals surface area (Å²) < 4.78 is 0. The number of nitrogens with zero attached hydrogens (tertiary/aromatic N) is 2. The molecular formula is C14H11ClN4. The second-order valence-corrected chi connectivity index (χ2v) is 4.42. The summed E-state index contributed by atoms with van der Waals surface area (Å²) in [5.74, 6) is 5.82. The summed E-state index contributed by atoms with van der Waals surface area (Å²) in [7, 11) is 0. The number of halogens is 1. The zero-order valence-corrected chi connectivity index (χ0v) is 10.7. The van der Waals surface area contributed by atoms with Crippen LogP contribution in [0.2, 0.25) is 5.28 Å². The molecule has 0 bridgehead atoms. The fraction of sp³-hybridized carbons (Fsp3) is 0. The first-order chi connectivity index (χ1) is 9.28. The number of fused-ring (bicyclic) bond motifs is 2. The minimum atomic E-state index is 0.187. The molecule has 0 amide bonds. The zero-order chi connectivity index (χ0) is 13.2. The van der Waals surface area contributed by atoms with Crippen molar-refractivity contribution in [1.82, 2.24) is 9.97 Å². The number of nitrogens with two attached hydrogens (primary N) is 1. The van der Waals surface area contributed by atoms with Crippen molar-refractivity contribution in [2.75, 3.05) is 5.43 Å². The predicted octanol–water partition coefficient (Wildman–Crippen LogP) is 3.24. The third-order valence-electron chi connectivity index (χ3n) is 2.93. The molecule has 0 aliphatic heterocycles. The first-order valence-corrected chi connectivity index (χ1v) is 6.15. The summed E-state index contributed by atoms with van der Waals surface area (Å²) in [4.78, 5) is 7.98. The average molecular weight is 271 g/mol. The fourth-order valence-corrected chi connectivity index (χ4v) is 2.00. The summed E-state index contributed by atoms with van der Waals surface area (Å²) in [6.45, 7) is 0. The van der Waals surface area contributed by atoms with Crippen molar-refractivity contribution < 1.29 is 0 Å². The van der Waals surface area contributed by atoms with E-state index in [4.69, 9.17) is 17.4 Å². The summed E-state index contributed by atoms with van der Waals surface area (Å²) in [5, 5.41) is 1.04. The molecule has 0 atom stereocenters. The molecule has 2 aliphatic rings. The van der Waals surface area contributed by atoms with Gasteiger partial charge in [-0.15, -0.1) is 0 Å². The van der Waals surface area contributed by atoms with Crippen molar-refractivity contribution in [2.45, 2.75) is 0 Å². The van der Waals surface area contributed by atoms with Crippen LogP contribution in [0.5, 0.6) is 0 Å². The number of nitrogen functional groups attached to an aromatic ring is 1. The summed E-state index contributed by atoms with van der Waals surface area (Å²) >= 11 is 5.68. The van der Waals surface area contributed by atoms with Crippen molar-refractivity contribution in [2.24, 2.45) is 5.84 Å². The molecule has 0 radical (unpaired) electrons. The van der Waals surface area contributed by atoms with Crippen LogP contribution in [0.15, 0.2) is 48.5 Å². The Labute approximate surface area is 115 Å². The van der Waals surface area contributed by atoms with Gasteiger partial charge in [0.25, 0.3) is 0 Å². The fourth-order valence-electron chi connectivity index (χ4n) is 1.82. The highest BCUT2D eigenvalue weighted by atomic mass is 35.5. The second-order valence-electron chi connectivity index (χ2n) is 4.08. The SMILES string of the molecule is NNc1nc(Cl)nc2ccccc12.c1cc2ccc1-2. The smallest absolute Gasteiger partial charge is 0.224 e.